The second kappa shape index (κ2) is 6.85. The first kappa shape index (κ1) is 14.3. The van der Waals surface area contributed by atoms with Crippen LogP contribution in [0.5, 0.6) is 0 Å². The fraction of sp³-hybridized carbons (Fsp3) is 0.533. The molecule has 1 aliphatic rings. The average molecular weight is 278 g/mol. The van der Waals surface area contributed by atoms with Crippen molar-refractivity contribution in [2.45, 2.75) is 38.0 Å². The smallest absolute Gasteiger partial charge is 0.251 e. The predicted octanol–water partition coefficient (Wildman–Crippen LogP) is 3.13. The molecule has 2 unspecified atom stereocenters. The lowest BCUT2D eigenvalue weighted by Gasteiger charge is -2.30. The van der Waals surface area contributed by atoms with Crippen LogP contribution in [0.25, 0.3) is 0 Å². The average Bonchev–Trinajstić information content (AvgIpc) is 2.42. The van der Waals surface area contributed by atoms with Gasteiger partial charge in [0.2, 0.25) is 0 Å². The van der Waals surface area contributed by atoms with Gasteiger partial charge < -0.3 is 10.6 Å². The summed E-state index contributed by atoms with van der Waals surface area (Å²) >= 11 is 2.03. The Labute approximate surface area is 119 Å². The van der Waals surface area contributed by atoms with Gasteiger partial charge in [-0.1, -0.05) is 6.92 Å². The zero-order valence-electron chi connectivity index (χ0n) is 11.6. The summed E-state index contributed by atoms with van der Waals surface area (Å²) in [5.74, 6) is 1.27. The molecule has 0 aliphatic carbocycles. The molecule has 104 valence electrons. The van der Waals surface area contributed by atoms with Crippen molar-refractivity contribution in [1.29, 1.82) is 0 Å². The van der Waals surface area contributed by atoms with Crippen LogP contribution in [0.3, 0.4) is 0 Å². The van der Waals surface area contributed by atoms with Gasteiger partial charge in [-0.15, -0.1) is 0 Å². The van der Waals surface area contributed by atoms with Gasteiger partial charge in [0, 0.05) is 29.1 Å². The Balaban J connectivity index is 1.96. The minimum atomic E-state index is -0.00404. The fourth-order valence-corrected chi connectivity index (χ4v) is 3.45. The van der Waals surface area contributed by atoms with E-state index in [4.69, 9.17) is 0 Å². The van der Waals surface area contributed by atoms with Crippen molar-refractivity contribution in [3.8, 4) is 0 Å². The van der Waals surface area contributed by atoms with Crippen molar-refractivity contribution in [3.63, 3.8) is 0 Å². The first-order valence-corrected chi connectivity index (χ1v) is 8.02. The Hall–Kier alpha value is -1.16. The maximum atomic E-state index is 11.7. The molecule has 0 spiro atoms. The number of hydrogen-bond acceptors (Lipinski definition) is 3. The van der Waals surface area contributed by atoms with Gasteiger partial charge in [0.1, 0.15) is 0 Å². The van der Waals surface area contributed by atoms with Crippen LogP contribution in [0.2, 0.25) is 0 Å². The maximum Gasteiger partial charge on any atom is 0.251 e. The van der Waals surface area contributed by atoms with Crippen LogP contribution in [0, 0.1) is 0 Å². The first-order chi connectivity index (χ1) is 9.20. The van der Waals surface area contributed by atoms with Crippen LogP contribution >= 0.6 is 11.8 Å². The van der Waals surface area contributed by atoms with Gasteiger partial charge in [-0.2, -0.15) is 11.8 Å². The lowest BCUT2D eigenvalue weighted by molar-refractivity contribution is 0.0956. The lowest BCUT2D eigenvalue weighted by atomic mass is 10.1. The third-order valence-corrected chi connectivity index (χ3v) is 4.82. The van der Waals surface area contributed by atoms with Crippen molar-refractivity contribution >= 4 is 23.4 Å². The summed E-state index contributed by atoms with van der Waals surface area (Å²) in [5, 5.41) is 7.03. The highest BCUT2D eigenvalue weighted by atomic mass is 32.2. The van der Waals surface area contributed by atoms with Crippen LogP contribution < -0.4 is 10.6 Å². The number of carbonyl (C=O) groups is 1. The highest BCUT2D eigenvalue weighted by Crippen LogP contribution is 2.27. The van der Waals surface area contributed by atoms with E-state index in [1.807, 2.05) is 43.0 Å². The molecule has 1 heterocycles. The third kappa shape index (κ3) is 3.90. The van der Waals surface area contributed by atoms with E-state index in [0.717, 1.165) is 11.3 Å². The van der Waals surface area contributed by atoms with E-state index in [2.05, 4.69) is 17.6 Å². The fourth-order valence-electron chi connectivity index (χ4n) is 2.31. The van der Waals surface area contributed by atoms with Gasteiger partial charge >= 0.3 is 0 Å². The van der Waals surface area contributed by atoms with Crippen molar-refractivity contribution in [2.24, 2.45) is 0 Å². The zero-order valence-corrected chi connectivity index (χ0v) is 12.4. The predicted molar refractivity (Wildman–Crippen MR) is 83.0 cm³/mol. The Bertz CT molecular complexity index is 419. The Morgan fingerprint density at radius 2 is 2.11 bits per heavy atom. The molecule has 4 heteroatoms. The van der Waals surface area contributed by atoms with Gasteiger partial charge in [-0.3, -0.25) is 4.79 Å². The molecule has 2 atom stereocenters. The highest BCUT2D eigenvalue weighted by Gasteiger charge is 2.21. The molecule has 2 N–H and O–H groups in total. The molecule has 0 saturated carbocycles. The van der Waals surface area contributed by atoms with Gasteiger partial charge in [0.05, 0.1) is 0 Å². The minimum absolute atomic E-state index is 0.00404. The molecule has 1 amide bonds. The van der Waals surface area contributed by atoms with Crippen LogP contribution in [-0.2, 0) is 0 Å². The summed E-state index contributed by atoms with van der Waals surface area (Å²) in [5.41, 5.74) is 1.82. The first-order valence-electron chi connectivity index (χ1n) is 6.97. The summed E-state index contributed by atoms with van der Waals surface area (Å²) in [7, 11) is 0. The van der Waals surface area contributed by atoms with Gasteiger partial charge in [0.25, 0.3) is 5.91 Å². The van der Waals surface area contributed by atoms with E-state index in [9.17, 15) is 4.79 Å². The van der Waals surface area contributed by atoms with Crippen molar-refractivity contribution in [1.82, 2.24) is 5.32 Å². The standard InChI is InChI=1S/C15H22N2OS/c1-3-16-15(18)12-6-8-13(9-7-12)17-14-5-4-10-19-11(14)2/h6-9,11,14,17H,3-5,10H2,1-2H3,(H,16,18). The SMILES string of the molecule is CCNC(=O)c1ccc(NC2CCCSC2C)cc1. The Kier molecular flexibility index (Phi) is 5.14. The molecule has 1 aromatic carbocycles. The molecular weight excluding hydrogens is 256 g/mol. The van der Waals surface area contributed by atoms with Crippen molar-refractivity contribution in [3.05, 3.63) is 29.8 Å². The van der Waals surface area contributed by atoms with Gasteiger partial charge in [-0.25, -0.2) is 0 Å². The normalized spacial score (nSPS) is 22.8. The maximum absolute atomic E-state index is 11.7. The summed E-state index contributed by atoms with van der Waals surface area (Å²) in [6, 6.07) is 8.30. The highest BCUT2D eigenvalue weighted by molar-refractivity contribution is 8.00. The Morgan fingerprint density at radius 1 is 1.37 bits per heavy atom. The zero-order chi connectivity index (χ0) is 13.7. The molecule has 0 aromatic heterocycles. The summed E-state index contributed by atoms with van der Waals surface area (Å²) < 4.78 is 0. The lowest BCUT2D eigenvalue weighted by Crippen LogP contribution is -2.32. The summed E-state index contributed by atoms with van der Waals surface area (Å²) in [4.78, 5) is 11.7. The summed E-state index contributed by atoms with van der Waals surface area (Å²) in [6.45, 7) is 4.87. The number of amides is 1. The second-order valence-corrected chi connectivity index (χ2v) is 6.39. The third-order valence-electron chi connectivity index (χ3n) is 3.44. The second-order valence-electron chi connectivity index (χ2n) is 4.91. The molecule has 2 rings (SSSR count). The molecule has 1 aliphatic heterocycles. The number of benzene rings is 1. The van der Waals surface area contributed by atoms with Gasteiger partial charge in [-0.05, 0) is 49.8 Å². The molecule has 1 fully saturated rings. The van der Waals surface area contributed by atoms with E-state index >= 15 is 0 Å². The molecule has 1 saturated heterocycles. The van der Waals surface area contributed by atoms with Crippen molar-refractivity contribution < 1.29 is 4.79 Å². The van der Waals surface area contributed by atoms with E-state index in [-0.39, 0.29) is 5.91 Å². The molecule has 1 aromatic rings. The van der Waals surface area contributed by atoms with Crippen LogP contribution in [0.15, 0.2) is 24.3 Å². The molecule has 3 nitrogen and oxygen atoms in total. The monoisotopic (exact) mass is 278 g/mol. The minimum Gasteiger partial charge on any atom is -0.381 e. The molecule has 0 bridgehead atoms. The van der Waals surface area contributed by atoms with E-state index in [1.54, 1.807) is 0 Å². The number of anilines is 1. The van der Waals surface area contributed by atoms with Gasteiger partial charge in [0.15, 0.2) is 0 Å². The number of rotatable bonds is 4. The molecule has 0 radical (unpaired) electrons. The number of thioether (sulfide) groups is 1. The topological polar surface area (TPSA) is 41.1 Å². The van der Waals surface area contributed by atoms with Crippen molar-refractivity contribution in [2.75, 3.05) is 17.6 Å². The number of nitrogens with one attached hydrogen (secondary N) is 2. The quantitative estimate of drug-likeness (QED) is 0.889. The largest absolute Gasteiger partial charge is 0.381 e. The number of carbonyl (C=O) groups excluding carboxylic acids is 1. The Morgan fingerprint density at radius 3 is 2.74 bits per heavy atom. The molecule has 19 heavy (non-hydrogen) atoms. The van der Waals surface area contributed by atoms with Crippen LogP contribution in [0.4, 0.5) is 5.69 Å². The van der Waals surface area contributed by atoms with Crippen LogP contribution in [0.1, 0.15) is 37.0 Å². The van der Waals surface area contributed by atoms with Crippen LogP contribution in [-0.4, -0.2) is 29.5 Å². The summed E-state index contributed by atoms with van der Waals surface area (Å²) in [6.07, 6.45) is 2.51. The molecular formula is C15H22N2OS. The number of hydrogen-bond donors (Lipinski definition) is 2. The van der Waals surface area contributed by atoms with E-state index in [0.29, 0.717) is 17.8 Å². The van der Waals surface area contributed by atoms with E-state index < -0.39 is 0 Å². The van der Waals surface area contributed by atoms with E-state index in [1.165, 1.54) is 18.6 Å².